The normalized spacial score (nSPS) is 15.0. The second kappa shape index (κ2) is 11.0. The highest BCUT2D eigenvalue weighted by Crippen LogP contribution is 2.44. The molecule has 2 amide bonds. The summed E-state index contributed by atoms with van der Waals surface area (Å²) >= 11 is 0. The summed E-state index contributed by atoms with van der Waals surface area (Å²) in [6.07, 6.45) is 0.317. The summed E-state index contributed by atoms with van der Waals surface area (Å²) in [7, 11) is 0. The number of benzene rings is 2. The number of nitrogens with one attached hydrogen (secondary N) is 2. The van der Waals surface area contributed by atoms with Crippen LogP contribution in [0.2, 0.25) is 0 Å². The Bertz CT molecular complexity index is 960. The summed E-state index contributed by atoms with van der Waals surface area (Å²) < 4.78 is 5.59. The molecule has 2 unspecified atom stereocenters. The molecule has 2 aromatic rings. The van der Waals surface area contributed by atoms with Crippen LogP contribution in [0.15, 0.2) is 48.5 Å². The fraction of sp³-hybridized carbons (Fsp3) is 0.423. The van der Waals surface area contributed by atoms with E-state index < -0.39 is 30.1 Å². The number of rotatable bonds is 10. The number of carboxylic acids is 1. The van der Waals surface area contributed by atoms with Crippen LogP contribution in [0.3, 0.4) is 0 Å². The first kappa shape index (κ1) is 24.3. The van der Waals surface area contributed by atoms with Crippen molar-refractivity contribution in [1.29, 1.82) is 0 Å². The zero-order valence-corrected chi connectivity index (χ0v) is 19.3. The van der Waals surface area contributed by atoms with E-state index in [4.69, 9.17) is 9.84 Å². The van der Waals surface area contributed by atoms with Crippen LogP contribution in [0.5, 0.6) is 0 Å². The van der Waals surface area contributed by atoms with E-state index in [2.05, 4.69) is 22.8 Å². The Kier molecular flexibility index (Phi) is 8.09. The molecule has 0 heterocycles. The van der Waals surface area contributed by atoms with Crippen molar-refractivity contribution >= 4 is 18.0 Å². The largest absolute Gasteiger partial charge is 0.481 e. The lowest BCUT2D eigenvalue weighted by atomic mass is 9.97. The average molecular weight is 453 g/mol. The zero-order valence-electron chi connectivity index (χ0n) is 19.3. The van der Waals surface area contributed by atoms with Crippen LogP contribution in [0.1, 0.15) is 57.1 Å². The molecule has 3 rings (SSSR count). The average Bonchev–Trinajstić information content (AvgIpc) is 3.13. The van der Waals surface area contributed by atoms with Crippen LogP contribution in [-0.2, 0) is 14.3 Å². The molecule has 1 aliphatic carbocycles. The summed E-state index contributed by atoms with van der Waals surface area (Å²) in [6, 6.07) is 14.9. The third-order valence-corrected chi connectivity index (χ3v) is 6.37. The molecule has 0 saturated carbocycles. The van der Waals surface area contributed by atoms with Crippen molar-refractivity contribution < 1.29 is 24.2 Å². The summed E-state index contributed by atoms with van der Waals surface area (Å²) in [4.78, 5) is 36.6. The van der Waals surface area contributed by atoms with Crippen LogP contribution in [0.4, 0.5) is 4.79 Å². The van der Waals surface area contributed by atoms with Gasteiger partial charge in [-0.05, 0) is 34.6 Å². The summed E-state index contributed by atoms with van der Waals surface area (Å²) in [6.45, 7) is 5.77. The topological polar surface area (TPSA) is 105 Å². The van der Waals surface area contributed by atoms with Crippen molar-refractivity contribution in [2.45, 2.75) is 58.0 Å². The van der Waals surface area contributed by atoms with E-state index >= 15 is 0 Å². The van der Waals surface area contributed by atoms with Crippen molar-refractivity contribution in [3.05, 3.63) is 59.7 Å². The first-order chi connectivity index (χ1) is 15.8. The van der Waals surface area contributed by atoms with E-state index in [0.29, 0.717) is 12.8 Å². The molecule has 0 spiro atoms. The highest BCUT2D eigenvalue weighted by Gasteiger charge is 2.31. The minimum Gasteiger partial charge on any atom is -0.481 e. The maximum absolute atomic E-state index is 12.8. The Labute approximate surface area is 194 Å². The van der Waals surface area contributed by atoms with Gasteiger partial charge in [0, 0.05) is 12.0 Å². The standard InChI is InChI=1S/C26H32N2O5/c1-4-16(3)24(25(31)27-17(5-2)14-23(29)30)28-26(32)33-15-22-20-12-8-6-10-18(20)19-11-7-9-13-21(19)22/h6-13,16-17,22,24H,4-5,14-15H2,1-3H3,(H,27,31)(H,28,32)(H,29,30)/t16?,17-,24?/m0/s1. The van der Waals surface area contributed by atoms with E-state index in [1.165, 1.54) is 0 Å². The number of aliphatic carboxylic acids is 1. The van der Waals surface area contributed by atoms with E-state index in [9.17, 15) is 14.4 Å². The fourth-order valence-corrected chi connectivity index (χ4v) is 4.27. The van der Waals surface area contributed by atoms with Crippen LogP contribution in [-0.4, -0.2) is 41.8 Å². The van der Waals surface area contributed by atoms with Gasteiger partial charge in [0.15, 0.2) is 0 Å². The monoisotopic (exact) mass is 452 g/mol. The van der Waals surface area contributed by atoms with Gasteiger partial charge >= 0.3 is 12.1 Å². The van der Waals surface area contributed by atoms with Crippen LogP contribution in [0.25, 0.3) is 11.1 Å². The number of carboxylic acid groups (broad SMARTS) is 1. The number of carbonyl (C=O) groups excluding carboxylic acids is 2. The van der Waals surface area contributed by atoms with Crippen molar-refractivity contribution in [3.8, 4) is 11.1 Å². The molecule has 0 aliphatic heterocycles. The number of hydrogen-bond acceptors (Lipinski definition) is 4. The molecule has 3 atom stereocenters. The molecule has 1 aliphatic rings. The van der Waals surface area contributed by atoms with Gasteiger partial charge in [-0.2, -0.15) is 0 Å². The molecule has 0 fully saturated rings. The highest BCUT2D eigenvalue weighted by atomic mass is 16.5. The molecule has 7 heteroatoms. The van der Waals surface area contributed by atoms with Gasteiger partial charge in [-0.1, -0.05) is 75.7 Å². The second-order valence-corrected chi connectivity index (χ2v) is 8.54. The van der Waals surface area contributed by atoms with Crippen LogP contribution in [0, 0.1) is 5.92 Å². The minimum atomic E-state index is -0.980. The summed E-state index contributed by atoms with van der Waals surface area (Å²) in [5.41, 5.74) is 4.51. The van der Waals surface area contributed by atoms with Gasteiger partial charge in [0.25, 0.3) is 0 Å². The Balaban J connectivity index is 1.66. The first-order valence-corrected chi connectivity index (χ1v) is 11.5. The van der Waals surface area contributed by atoms with Gasteiger partial charge in [0.05, 0.1) is 6.42 Å². The molecule has 0 saturated heterocycles. The molecular weight excluding hydrogens is 420 g/mol. The zero-order chi connectivity index (χ0) is 24.0. The van der Waals surface area contributed by atoms with Gasteiger partial charge in [-0.3, -0.25) is 9.59 Å². The van der Waals surface area contributed by atoms with Crippen molar-refractivity contribution in [2.24, 2.45) is 5.92 Å². The number of alkyl carbamates (subject to hydrolysis) is 1. The molecule has 33 heavy (non-hydrogen) atoms. The van der Waals surface area contributed by atoms with Crippen LogP contribution >= 0.6 is 0 Å². The Morgan fingerprint density at radius 1 is 0.939 bits per heavy atom. The quantitative estimate of drug-likeness (QED) is 0.498. The molecule has 176 valence electrons. The van der Waals surface area contributed by atoms with E-state index in [-0.39, 0.29) is 24.9 Å². The first-order valence-electron chi connectivity index (χ1n) is 11.5. The summed E-state index contributed by atoms with van der Waals surface area (Å²) in [5, 5.41) is 14.5. The number of fused-ring (bicyclic) bond motifs is 3. The number of hydrogen-bond donors (Lipinski definition) is 3. The van der Waals surface area contributed by atoms with Gasteiger partial charge in [-0.25, -0.2) is 4.79 Å². The number of carbonyl (C=O) groups is 3. The maximum atomic E-state index is 12.8. The lowest BCUT2D eigenvalue weighted by Crippen LogP contribution is -2.53. The Hall–Kier alpha value is -3.35. The van der Waals surface area contributed by atoms with Crippen molar-refractivity contribution in [3.63, 3.8) is 0 Å². The SMILES string of the molecule is CCC(C)C(NC(=O)OCC1c2ccccc2-c2ccccc21)C(=O)N[C@@H](CC)CC(=O)O. The lowest BCUT2D eigenvalue weighted by molar-refractivity contribution is -0.137. The van der Waals surface area contributed by atoms with E-state index in [1.807, 2.05) is 57.2 Å². The van der Waals surface area contributed by atoms with Crippen LogP contribution < -0.4 is 10.6 Å². The lowest BCUT2D eigenvalue weighted by Gasteiger charge is -2.26. The third-order valence-electron chi connectivity index (χ3n) is 6.37. The molecule has 3 N–H and O–H groups in total. The molecule has 0 radical (unpaired) electrons. The van der Waals surface area contributed by atoms with Gasteiger partial charge in [0.2, 0.25) is 5.91 Å². The molecule has 0 aromatic heterocycles. The second-order valence-electron chi connectivity index (χ2n) is 8.54. The van der Waals surface area contributed by atoms with Crippen molar-refractivity contribution in [1.82, 2.24) is 10.6 Å². The maximum Gasteiger partial charge on any atom is 0.407 e. The molecule has 2 aromatic carbocycles. The Morgan fingerprint density at radius 2 is 1.52 bits per heavy atom. The number of ether oxygens (including phenoxy) is 1. The summed E-state index contributed by atoms with van der Waals surface area (Å²) in [5.74, 6) is -1.59. The smallest absolute Gasteiger partial charge is 0.407 e. The number of amides is 2. The molecular formula is C26H32N2O5. The van der Waals surface area contributed by atoms with Crippen molar-refractivity contribution in [2.75, 3.05) is 6.61 Å². The predicted molar refractivity (Wildman–Crippen MR) is 126 cm³/mol. The highest BCUT2D eigenvalue weighted by molar-refractivity contribution is 5.86. The predicted octanol–water partition coefficient (Wildman–Crippen LogP) is 4.31. The molecule has 0 bridgehead atoms. The van der Waals surface area contributed by atoms with Gasteiger partial charge in [0.1, 0.15) is 12.6 Å². The Morgan fingerprint density at radius 3 is 2.03 bits per heavy atom. The van der Waals surface area contributed by atoms with E-state index in [0.717, 1.165) is 22.3 Å². The van der Waals surface area contributed by atoms with Gasteiger partial charge < -0.3 is 20.5 Å². The molecule has 7 nitrogen and oxygen atoms in total. The minimum absolute atomic E-state index is 0.0703. The van der Waals surface area contributed by atoms with E-state index in [1.54, 1.807) is 0 Å². The fourth-order valence-electron chi connectivity index (χ4n) is 4.27. The third kappa shape index (κ3) is 5.72. The van der Waals surface area contributed by atoms with Gasteiger partial charge in [-0.15, -0.1) is 0 Å².